The number of hydrogen-bond donors (Lipinski definition) is 2. The number of para-hydroxylation sites is 1. The van der Waals surface area contributed by atoms with Gasteiger partial charge in [-0.1, -0.05) is 24.3 Å². The SMILES string of the molecule is CCNC(=NCc1cccc(OC)c1OC)NC(C)c1ccc(C)c(F)c1. The average Bonchev–Trinajstić information content (AvgIpc) is 2.67. The summed E-state index contributed by atoms with van der Waals surface area (Å²) in [6.07, 6.45) is 0. The normalized spacial score (nSPS) is 12.4. The van der Waals surface area contributed by atoms with Gasteiger partial charge in [-0.25, -0.2) is 9.38 Å². The zero-order valence-corrected chi connectivity index (χ0v) is 16.6. The lowest BCUT2D eigenvalue weighted by Crippen LogP contribution is -2.38. The molecule has 0 aliphatic carbocycles. The Bertz CT molecular complexity index is 793. The zero-order valence-electron chi connectivity index (χ0n) is 16.6. The standard InChI is InChI=1S/C21H28FN3O2/c1-6-23-21(25-15(3)16-11-10-14(2)18(22)12-16)24-13-17-8-7-9-19(26-4)20(17)27-5/h7-12,15H,6,13H2,1-5H3,(H2,23,24,25). The molecule has 0 radical (unpaired) electrons. The summed E-state index contributed by atoms with van der Waals surface area (Å²) in [5.74, 6) is 1.79. The van der Waals surface area contributed by atoms with Crippen LogP contribution in [0.2, 0.25) is 0 Å². The number of halogens is 1. The number of rotatable bonds is 7. The molecule has 27 heavy (non-hydrogen) atoms. The number of aryl methyl sites for hydroxylation is 1. The molecule has 0 aliphatic heterocycles. The number of methoxy groups -OCH3 is 2. The first-order valence-corrected chi connectivity index (χ1v) is 9.00. The molecule has 0 bridgehead atoms. The van der Waals surface area contributed by atoms with Crippen LogP contribution in [0.5, 0.6) is 11.5 Å². The highest BCUT2D eigenvalue weighted by Crippen LogP contribution is 2.31. The van der Waals surface area contributed by atoms with Crippen LogP contribution in [0.3, 0.4) is 0 Å². The number of nitrogens with one attached hydrogen (secondary N) is 2. The van der Waals surface area contributed by atoms with E-state index in [4.69, 9.17) is 9.47 Å². The van der Waals surface area contributed by atoms with Gasteiger partial charge in [0.2, 0.25) is 0 Å². The highest BCUT2D eigenvalue weighted by Gasteiger charge is 2.12. The number of hydrogen-bond acceptors (Lipinski definition) is 3. The lowest BCUT2D eigenvalue weighted by molar-refractivity contribution is 0.352. The largest absolute Gasteiger partial charge is 0.493 e. The molecule has 2 rings (SSSR count). The van der Waals surface area contributed by atoms with Crippen molar-refractivity contribution in [3.8, 4) is 11.5 Å². The molecule has 6 heteroatoms. The monoisotopic (exact) mass is 373 g/mol. The highest BCUT2D eigenvalue weighted by molar-refractivity contribution is 5.80. The Hall–Kier alpha value is -2.76. The lowest BCUT2D eigenvalue weighted by atomic mass is 10.1. The molecule has 0 fully saturated rings. The van der Waals surface area contributed by atoms with Crippen molar-refractivity contribution in [1.82, 2.24) is 10.6 Å². The summed E-state index contributed by atoms with van der Waals surface area (Å²) in [5.41, 5.74) is 2.42. The number of guanidine groups is 1. The van der Waals surface area contributed by atoms with Gasteiger partial charge < -0.3 is 20.1 Å². The molecule has 0 saturated carbocycles. The summed E-state index contributed by atoms with van der Waals surface area (Å²) in [7, 11) is 3.22. The maximum Gasteiger partial charge on any atom is 0.192 e. The first-order valence-electron chi connectivity index (χ1n) is 9.00. The van der Waals surface area contributed by atoms with E-state index in [1.165, 1.54) is 0 Å². The van der Waals surface area contributed by atoms with E-state index in [9.17, 15) is 4.39 Å². The van der Waals surface area contributed by atoms with Crippen LogP contribution in [0.15, 0.2) is 41.4 Å². The molecule has 1 unspecified atom stereocenters. The van der Waals surface area contributed by atoms with Gasteiger partial charge in [0.05, 0.1) is 26.8 Å². The molecule has 0 saturated heterocycles. The van der Waals surface area contributed by atoms with Gasteiger partial charge in [-0.3, -0.25) is 0 Å². The van der Waals surface area contributed by atoms with Crippen molar-refractivity contribution in [2.75, 3.05) is 20.8 Å². The maximum absolute atomic E-state index is 13.8. The molecule has 146 valence electrons. The topological polar surface area (TPSA) is 54.9 Å². The van der Waals surface area contributed by atoms with Gasteiger partial charge in [-0.2, -0.15) is 0 Å². The van der Waals surface area contributed by atoms with Crippen molar-refractivity contribution < 1.29 is 13.9 Å². The van der Waals surface area contributed by atoms with E-state index in [0.717, 1.165) is 17.7 Å². The van der Waals surface area contributed by atoms with E-state index >= 15 is 0 Å². The van der Waals surface area contributed by atoms with Gasteiger partial charge in [0.15, 0.2) is 17.5 Å². The Balaban J connectivity index is 2.18. The van der Waals surface area contributed by atoms with E-state index in [2.05, 4.69) is 15.6 Å². The molecule has 2 aromatic carbocycles. The summed E-state index contributed by atoms with van der Waals surface area (Å²) in [6, 6.07) is 10.9. The summed E-state index contributed by atoms with van der Waals surface area (Å²) in [5, 5.41) is 6.54. The summed E-state index contributed by atoms with van der Waals surface area (Å²) in [4.78, 5) is 4.64. The minimum atomic E-state index is -0.204. The third-order valence-electron chi connectivity index (χ3n) is 4.29. The first kappa shape index (κ1) is 20.6. The molecule has 5 nitrogen and oxygen atoms in total. The average molecular weight is 373 g/mol. The molecule has 0 amide bonds. The van der Waals surface area contributed by atoms with Crippen LogP contribution in [-0.2, 0) is 6.54 Å². The van der Waals surface area contributed by atoms with Crippen molar-refractivity contribution >= 4 is 5.96 Å². The van der Waals surface area contributed by atoms with Gasteiger partial charge in [0, 0.05) is 12.1 Å². The molecule has 2 aromatic rings. The van der Waals surface area contributed by atoms with Crippen LogP contribution in [0.4, 0.5) is 4.39 Å². The highest BCUT2D eigenvalue weighted by atomic mass is 19.1. The predicted molar refractivity (Wildman–Crippen MR) is 107 cm³/mol. The van der Waals surface area contributed by atoms with E-state index in [-0.39, 0.29) is 11.9 Å². The minimum Gasteiger partial charge on any atom is -0.493 e. The fraction of sp³-hybridized carbons (Fsp3) is 0.381. The van der Waals surface area contributed by atoms with Crippen LogP contribution >= 0.6 is 0 Å². The second kappa shape index (κ2) is 9.80. The van der Waals surface area contributed by atoms with Crippen LogP contribution in [-0.4, -0.2) is 26.7 Å². The molecule has 0 heterocycles. The first-order chi connectivity index (χ1) is 13.0. The van der Waals surface area contributed by atoms with Crippen LogP contribution < -0.4 is 20.1 Å². The Morgan fingerprint density at radius 3 is 2.59 bits per heavy atom. The van der Waals surface area contributed by atoms with Crippen LogP contribution in [0, 0.1) is 12.7 Å². The Kier molecular flexibility index (Phi) is 7.46. The van der Waals surface area contributed by atoms with Gasteiger partial charge in [0.1, 0.15) is 5.82 Å². The van der Waals surface area contributed by atoms with E-state index < -0.39 is 0 Å². The molecule has 1 atom stereocenters. The fourth-order valence-corrected chi connectivity index (χ4v) is 2.73. The van der Waals surface area contributed by atoms with Gasteiger partial charge >= 0.3 is 0 Å². The molecular weight excluding hydrogens is 345 g/mol. The Morgan fingerprint density at radius 2 is 1.96 bits per heavy atom. The Morgan fingerprint density at radius 1 is 1.19 bits per heavy atom. The van der Waals surface area contributed by atoms with E-state index in [0.29, 0.717) is 29.6 Å². The van der Waals surface area contributed by atoms with Gasteiger partial charge in [-0.05, 0) is 44.0 Å². The van der Waals surface area contributed by atoms with Crippen molar-refractivity contribution in [3.63, 3.8) is 0 Å². The number of ether oxygens (including phenoxy) is 2. The van der Waals surface area contributed by atoms with E-state index in [1.54, 1.807) is 33.3 Å². The molecule has 0 aliphatic rings. The van der Waals surface area contributed by atoms with E-state index in [1.807, 2.05) is 38.1 Å². The number of aliphatic imine (C=N–C) groups is 1. The third kappa shape index (κ3) is 5.36. The number of benzene rings is 2. The van der Waals surface area contributed by atoms with Crippen LogP contribution in [0.1, 0.15) is 36.6 Å². The molecule has 2 N–H and O–H groups in total. The fourth-order valence-electron chi connectivity index (χ4n) is 2.73. The smallest absolute Gasteiger partial charge is 0.192 e. The second-order valence-corrected chi connectivity index (χ2v) is 6.22. The van der Waals surface area contributed by atoms with Gasteiger partial charge in [0.25, 0.3) is 0 Å². The van der Waals surface area contributed by atoms with Crippen molar-refractivity contribution in [1.29, 1.82) is 0 Å². The zero-order chi connectivity index (χ0) is 19.8. The van der Waals surface area contributed by atoms with Crippen LogP contribution in [0.25, 0.3) is 0 Å². The molecule has 0 spiro atoms. The summed E-state index contributed by atoms with van der Waals surface area (Å²) in [6.45, 7) is 6.87. The molecular formula is C21H28FN3O2. The number of nitrogens with zero attached hydrogens (tertiary/aromatic N) is 1. The quantitative estimate of drug-likeness (QED) is 0.570. The van der Waals surface area contributed by atoms with Gasteiger partial charge in [-0.15, -0.1) is 0 Å². The summed E-state index contributed by atoms with van der Waals surface area (Å²) >= 11 is 0. The minimum absolute atomic E-state index is 0.0925. The second-order valence-electron chi connectivity index (χ2n) is 6.22. The summed E-state index contributed by atoms with van der Waals surface area (Å²) < 4.78 is 24.6. The molecule has 0 aromatic heterocycles. The Labute approximate surface area is 160 Å². The predicted octanol–water partition coefficient (Wildman–Crippen LogP) is 3.97. The van der Waals surface area contributed by atoms with Crippen molar-refractivity contribution in [2.45, 2.75) is 33.4 Å². The lowest BCUT2D eigenvalue weighted by Gasteiger charge is -2.19. The maximum atomic E-state index is 13.8. The van der Waals surface area contributed by atoms with Crippen molar-refractivity contribution in [2.24, 2.45) is 4.99 Å². The van der Waals surface area contributed by atoms with Crippen molar-refractivity contribution in [3.05, 3.63) is 58.9 Å². The third-order valence-corrected chi connectivity index (χ3v) is 4.29.